The van der Waals surface area contributed by atoms with Crippen LogP contribution in [0.4, 0.5) is 0 Å². The van der Waals surface area contributed by atoms with E-state index in [1.807, 2.05) is 48.5 Å². The van der Waals surface area contributed by atoms with Crippen molar-refractivity contribution < 1.29 is 8.60 Å². The van der Waals surface area contributed by atoms with E-state index < -0.39 is 6.98 Å². The highest BCUT2D eigenvalue weighted by atomic mass is 15.3. The maximum atomic E-state index is 7.99. The normalized spacial score (nSPS) is 29.8. The molecule has 1 heteroatoms. The second kappa shape index (κ2) is 4.25. The van der Waals surface area contributed by atoms with Crippen LogP contribution in [0.25, 0.3) is 0 Å². The quantitative estimate of drug-likeness (QED) is 0.528. The van der Waals surface area contributed by atoms with Crippen LogP contribution in [0.3, 0.4) is 0 Å². The minimum absolute atomic E-state index is 0.186. The molecule has 92 valence electrons. The molecule has 0 fully saturated rings. The summed E-state index contributed by atoms with van der Waals surface area (Å²) in [6.45, 7) is -1.62. The van der Waals surface area contributed by atoms with Gasteiger partial charge in [0.05, 0.1) is 10.7 Å². The van der Waals surface area contributed by atoms with Gasteiger partial charge in [-0.15, -0.1) is 7.05 Å². The van der Waals surface area contributed by atoms with Crippen molar-refractivity contribution in [3.8, 4) is 0 Å². The van der Waals surface area contributed by atoms with Crippen LogP contribution in [-0.4, -0.2) is 18.0 Å². The summed E-state index contributed by atoms with van der Waals surface area (Å²) >= 11 is 0. The highest BCUT2D eigenvalue weighted by molar-refractivity contribution is 5.37. The van der Waals surface area contributed by atoms with Gasteiger partial charge in [-0.1, -0.05) is 54.6 Å². The molecule has 0 amide bonds. The highest BCUT2D eigenvalue weighted by Gasteiger charge is 2.32. The van der Waals surface area contributed by atoms with Crippen LogP contribution in [0.1, 0.15) is 26.8 Å². The molecule has 0 N–H and O–H groups in total. The Labute approximate surface area is 113 Å². The number of quaternary nitrogens is 1. The van der Waals surface area contributed by atoms with Gasteiger partial charge >= 0.3 is 0 Å². The molecule has 0 saturated carbocycles. The molecule has 3 rings (SSSR count). The van der Waals surface area contributed by atoms with Crippen molar-refractivity contribution in [3.63, 3.8) is 0 Å². The molecule has 2 aromatic rings. The zero-order valence-corrected chi connectivity index (χ0v) is 10.3. The molecule has 1 heterocycles. The van der Waals surface area contributed by atoms with Crippen LogP contribution in [0.5, 0.6) is 0 Å². The predicted molar refractivity (Wildman–Crippen MR) is 74.8 cm³/mol. The fourth-order valence-corrected chi connectivity index (χ4v) is 2.84. The first-order valence-electron chi connectivity index (χ1n) is 7.78. The molecule has 0 unspecified atom stereocenters. The molecule has 0 bridgehead atoms. The smallest absolute Gasteiger partial charge is 0.116 e. The summed E-state index contributed by atoms with van der Waals surface area (Å²) in [4.78, 5) is 0. The Hall–Kier alpha value is -1.60. The summed E-state index contributed by atoms with van der Waals surface area (Å²) in [6.07, 6.45) is 0.751. The van der Waals surface area contributed by atoms with Crippen LogP contribution < -0.4 is 0 Å². The Balaban J connectivity index is 2.21. The Morgan fingerprint density at radius 2 is 1.83 bits per heavy atom. The third-order valence-electron chi connectivity index (χ3n) is 3.74. The van der Waals surface area contributed by atoms with Gasteiger partial charge in [-0.3, -0.25) is 0 Å². The minimum Gasteiger partial charge on any atom is -0.449 e. The standard InChI is InChI=1S/C17H19N/c1-18(2)13-12-14-8-6-7-11-16(14)17(18)15-9-4-3-5-10-15/h3-11,17H,1,12-13H2,2H3/t17-,18+/m0/s1/i2D3. The van der Waals surface area contributed by atoms with Gasteiger partial charge in [0.25, 0.3) is 0 Å². The lowest BCUT2D eigenvalue weighted by Crippen LogP contribution is -2.46. The van der Waals surface area contributed by atoms with Gasteiger partial charge in [-0.05, 0) is 5.56 Å². The summed E-state index contributed by atoms with van der Waals surface area (Å²) in [6, 6.07) is 17.7. The maximum Gasteiger partial charge on any atom is 0.116 e. The lowest BCUT2D eigenvalue weighted by atomic mass is 9.87. The number of nitrogens with zero attached hydrogens (tertiary/aromatic N) is 1. The first kappa shape index (κ1) is 8.49. The third kappa shape index (κ3) is 1.85. The molecule has 0 aliphatic carbocycles. The molecule has 0 spiro atoms. The summed E-state index contributed by atoms with van der Waals surface area (Å²) in [5.41, 5.74) is 3.32. The maximum absolute atomic E-state index is 7.99. The SMILES string of the molecule is [2H]C([2H])([2H])[N@+]1([CH2-])CCc2ccccc2[C@@H]1c1ccccc1. The number of hydrogen-bond donors (Lipinski definition) is 0. The molecular weight excluding hydrogens is 218 g/mol. The summed E-state index contributed by atoms with van der Waals surface area (Å²) in [7, 11) is 4.13. The zero-order chi connectivity index (χ0) is 15.1. The van der Waals surface area contributed by atoms with Gasteiger partial charge < -0.3 is 4.48 Å². The molecular formula is C17H19N. The monoisotopic (exact) mass is 240 g/mol. The number of rotatable bonds is 1. The van der Waals surface area contributed by atoms with Crippen molar-refractivity contribution in [1.82, 2.24) is 0 Å². The van der Waals surface area contributed by atoms with Gasteiger partial charge in [-0.25, -0.2) is 0 Å². The van der Waals surface area contributed by atoms with Crippen LogP contribution in [-0.2, 0) is 6.42 Å². The zero-order valence-electron chi connectivity index (χ0n) is 13.3. The molecule has 1 aliphatic rings. The first-order valence-corrected chi connectivity index (χ1v) is 6.28. The minimum atomic E-state index is -2.14. The van der Waals surface area contributed by atoms with Crippen LogP contribution >= 0.6 is 0 Å². The molecule has 2 aromatic carbocycles. The Kier molecular flexibility index (Phi) is 2.01. The molecule has 0 aromatic heterocycles. The molecule has 18 heavy (non-hydrogen) atoms. The van der Waals surface area contributed by atoms with E-state index in [1.54, 1.807) is 0 Å². The van der Waals surface area contributed by atoms with Crippen LogP contribution in [0.2, 0.25) is 0 Å². The fourth-order valence-electron chi connectivity index (χ4n) is 2.84. The van der Waals surface area contributed by atoms with E-state index in [-0.39, 0.29) is 10.5 Å². The van der Waals surface area contributed by atoms with E-state index >= 15 is 0 Å². The molecule has 0 radical (unpaired) electrons. The number of fused-ring (bicyclic) bond motifs is 1. The Morgan fingerprint density at radius 1 is 1.11 bits per heavy atom. The van der Waals surface area contributed by atoms with Crippen LogP contribution in [0, 0.1) is 7.05 Å². The third-order valence-corrected chi connectivity index (χ3v) is 3.74. The van der Waals surface area contributed by atoms with E-state index in [0.29, 0.717) is 6.54 Å². The lowest BCUT2D eigenvalue weighted by Gasteiger charge is -2.49. The fraction of sp³-hybridized carbons (Fsp3) is 0.235. The van der Waals surface area contributed by atoms with Gasteiger partial charge in [0.1, 0.15) is 6.04 Å². The Bertz CT molecular complexity index is 636. The van der Waals surface area contributed by atoms with Crippen molar-refractivity contribution in [3.05, 3.63) is 78.3 Å². The van der Waals surface area contributed by atoms with Crippen molar-refractivity contribution in [2.45, 2.75) is 12.5 Å². The lowest BCUT2D eigenvalue weighted by molar-refractivity contribution is -0.893. The van der Waals surface area contributed by atoms with Gasteiger partial charge in [0.15, 0.2) is 0 Å². The van der Waals surface area contributed by atoms with Crippen molar-refractivity contribution in [1.29, 1.82) is 0 Å². The molecule has 1 nitrogen and oxygen atoms in total. The van der Waals surface area contributed by atoms with Crippen molar-refractivity contribution in [2.75, 3.05) is 13.5 Å². The van der Waals surface area contributed by atoms with E-state index in [2.05, 4.69) is 13.1 Å². The average Bonchev–Trinajstić information content (AvgIpc) is 2.47. The second-order valence-corrected chi connectivity index (χ2v) is 5.02. The van der Waals surface area contributed by atoms with Crippen molar-refractivity contribution >= 4 is 0 Å². The van der Waals surface area contributed by atoms with E-state index in [0.717, 1.165) is 17.5 Å². The number of hydrogen-bond acceptors (Lipinski definition) is 0. The highest BCUT2D eigenvalue weighted by Crippen LogP contribution is 2.38. The average molecular weight is 240 g/mol. The van der Waals surface area contributed by atoms with Gasteiger partial charge in [0.2, 0.25) is 0 Å². The van der Waals surface area contributed by atoms with Gasteiger partial charge in [0, 0.05) is 24.5 Å². The number of benzene rings is 2. The van der Waals surface area contributed by atoms with Crippen LogP contribution in [0.15, 0.2) is 54.6 Å². The number of likely N-dealkylation sites (N-methyl/N-ethyl adjacent to an activating group) is 1. The largest absolute Gasteiger partial charge is 0.449 e. The summed E-state index contributed by atoms with van der Waals surface area (Å²) in [5.74, 6) is 0. The molecule has 0 saturated heterocycles. The summed E-state index contributed by atoms with van der Waals surface area (Å²) in [5, 5.41) is 0. The van der Waals surface area contributed by atoms with Gasteiger partial charge in [-0.2, -0.15) is 0 Å². The predicted octanol–water partition coefficient (Wildman–Crippen LogP) is 3.57. The first-order chi connectivity index (χ1) is 9.93. The molecule has 2 atom stereocenters. The summed E-state index contributed by atoms with van der Waals surface area (Å²) < 4.78 is 23.8. The Morgan fingerprint density at radius 3 is 2.61 bits per heavy atom. The van der Waals surface area contributed by atoms with E-state index in [4.69, 9.17) is 4.11 Å². The van der Waals surface area contributed by atoms with E-state index in [9.17, 15) is 0 Å². The van der Waals surface area contributed by atoms with E-state index in [1.165, 1.54) is 5.56 Å². The topological polar surface area (TPSA) is 0 Å². The second-order valence-electron chi connectivity index (χ2n) is 5.02. The molecule has 1 aliphatic heterocycles. The van der Waals surface area contributed by atoms with Crippen molar-refractivity contribution in [2.24, 2.45) is 0 Å².